The first-order chi connectivity index (χ1) is 10.1. The molecule has 0 aromatic carbocycles. The van der Waals surface area contributed by atoms with Crippen molar-refractivity contribution in [3.05, 3.63) is 21.4 Å². The predicted molar refractivity (Wildman–Crippen MR) is 82.9 cm³/mol. The molecular weight excluding hydrogens is 306 g/mol. The van der Waals surface area contributed by atoms with E-state index < -0.39 is 12.0 Å². The van der Waals surface area contributed by atoms with Crippen LogP contribution in [0.25, 0.3) is 0 Å². The lowest BCUT2D eigenvalue weighted by molar-refractivity contribution is -0.141. The van der Waals surface area contributed by atoms with E-state index in [1.54, 1.807) is 28.0 Å². The molecule has 0 radical (unpaired) electrons. The van der Waals surface area contributed by atoms with Crippen LogP contribution < -0.4 is 0 Å². The average molecular weight is 323 g/mol. The zero-order valence-electron chi connectivity index (χ0n) is 11.6. The highest BCUT2D eigenvalue weighted by Gasteiger charge is 2.48. The molecule has 6 heteroatoms. The van der Waals surface area contributed by atoms with Gasteiger partial charge in [0.05, 0.1) is 10.3 Å². The zero-order chi connectivity index (χ0) is 14.6. The van der Waals surface area contributed by atoms with Crippen LogP contribution in [0, 0.1) is 5.92 Å². The van der Waals surface area contributed by atoms with E-state index in [0.717, 1.165) is 30.6 Å². The summed E-state index contributed by atoms with van der Waals surface area (Å²) in [7, 11) is 0. The number of amides is 1. The monoisotopic (exact) mass is 323 g/mol. The molecule has 1 amide bonds. The summed E-state index contributed by atoms with van der Waals surface area (Å²) >= 11 is 3.21. The van der Waals surface area contributed by atoms with Gasteiger partial charge in [-0.3, -0.25) is 4.79 Å². The smallest absolute Gasteiger partial charge is 0.327 e. The molecule has 1 N–H and O–H groups in total. The van der Waals surface area contributed by atoms with Gasteiger partial charge in [0.15, 0.2) is 0 Å². The number of carbonyl (C=O) groups excluding carboxylic acids is 1. The number of carboxylic acids is 1. The molecule has 1 saturated carbocycles. The third kappa shape index (κ3) is 2.28. The van der Waals surface area contributed by atoms with Crippen LogP contribution in [0.4, 0.5) is 0 Å². The first-order valence-electron chi connectivity index (χ1n) is 7.44. The Labute approximate surface area is 131 Å². The Bertz CT molecular complexity index is 587. The molecular formula is C15H17NO3S2. The van der Waals surface area contributed by atoms with Crippen molar-refractivity contribution in [1.82, 2.24) is 4.90 Å². The molecule has 2 unspecified atom stereocenters. The van der Waals surface area contributed by atoms with E-state index in [2.05, 4.69) is 0 Å². The van der Waals surface area contributed by atoms with Crippen LogP contribution in [0.5, 0.6) is 0 Å². The number of hydrogen-bond donors (Lipinski definition) is 1. The minimum absolute atomic E-state index is 0.0653. The van der Waals surface area contributed by atoms with Crippen molar-refractivity contribution >= 4 is 35.0 Å². The maximum Gasteiger partial charge on any atom is 0.327 e. The fourth-order valence-electron chi connectivity index (χ4n) is 3.28. The largest absolute Gasteiger partial charge is 0.480 e. The number of aliphatic carboxylic acids is 1. The summed E-state index contributed by atoms with van der Waals surface area (Å²) in [4.78, 5) is 28.1. The molecule has 2 atom stereocenters. The van der Waals surface area contributed by atoms with Crippen molar-refractivity contribution in [1.29, 1.82) is 0 Å². The quantitative estimate of drug-likeness (QED) is 0.929. The van der Waals surface area contributed by atoms with Gasteiger partial charge in [-0.05, 0) is 49.7 Å². The van der Waals surface area contributed by atoms with Crippen LogP contribution in [-0.2, 0) is 17.6 Å². The second kappa shape index (κ2) is 5.02. The number of rotatable bonds is 3. The van der Waals surface area contributed by atoms with Crippen LogP contribution in [0.15, 0.2) is 6.07 Å². The highest BCUT2D eigenvalue weighted by atomic mass is 32.2. The second-order valence-electron chi connectivity index (χ2n) is 6.04. The number of carboxylic acid groups (broad SMARTS) is 1. The maximum absolute atomic E-state index is 12.9. The molecule has 1 aromatic rings. The molecule has 2 heterocycles. The van der Waals surface area contributed by atoms with Crippen LogP contribution in [0.3, 0.4) is 0 Å². The van der Waals surface area contributed by atoms with Gasteiger partial charge in [0.2, 0.25) is 0 Å². The molecule has 2 fully saturated rings. The lowest BCUT2D eigenvalue weighted by Gasteiger charge is -2.26. The normalized spacial score (nSPS) is 27.9. The Morgan fingerprint density at radius 1 is 1.29 bits per heavy atom. The number of fused-ring (bicyclic) bond motifs is 1. The van der Waals surface area contributed by atoms with E-state index in [9.17, 15) is 14.7 Å². The average Bonchev–Trinajstić information content (AvgIpc) is 2.88. The molecule has 4 nitrogen and oxygen atoms in total. The minimum Gasteiger partial charge on any atom is -0.480 e. The topological polar surface area (TPSA) is 57.6 Å². The van der Waals surface area contributed by atoms with Gasteiger partial charge in [0, 0.05) is 10.6 Å². The highest BCUT2D eigenvalue weighted by Crippen LogP contribution is 2.46. The van der Waals surface area contributed by atoms with Gasteiger partial charge in [-0.25, -0.2) is 4.79 Å². The van der Waals surface area contributed by atoms with Gasteiger partial charge < -0.3 is 10.0 Å². The molecule has 2 aliphatic carbocycles. The maximum atomic E-state index is 12.9. The number of nitrogens with zero attached hydrogens (tertiary/aromatic N) is 1. The van der Waals surface area contributed by atoms with Crippen molar-refractivity contribution in [2.24, 2.45) is 5.92 Å². The van der Waals surface area contributed by atoms with E-state index in [4.69, 9.17) is 0 Å². The summed E-state index contributed by atoms with van der Waals surface area (Å²) in [6.45, 7) is 0. The minimum atomic E-state index is -0.872. The lowest BCUT2D eigenvalue weighted by Crippen LogP contribution is -2.46. The Hall–Kier alpha value is -1.01. The standard InChI is InChI=1S/C15H17NO3S2/c17-13(12-6-9-2-1-3-11(9)21-12)16-10(15(18)19)7-20-14(16)8-4-5-8/h6,8,10,14H,1-5,7H2,(H,18,19). The number of aryl methyl sites for hydroxylation is 2. The molecule has 0 spiro atoms. The van der Waals surface area contributed by atoms with Crippen molar-refractivity contribution in [2.75, 3.05) is 5.75 Å². The summed E-state index contributed by atoms with van der Waals surface area (Å²) in [5.41, 5.74) is 1.30. The molecule has 3 aliphatic rings. The molecule has 4 rings (SSSR count). The molecule has 21 heavy (non-hydrogen) atoms. The number of hydrogen-bond acceptors (Lipinski definition) is 4. The second-order valence-corrected chi connectivity index (χ2v) is 8.33. The van der Waals surface area contributed by atoms with Crippen LogP contribution in [0.2, 0.25) is 0 Å². The Morgan fingerprint density at radius 2 is 2.10 bits per heavy atom. The number of thioether (sulfide) groups is 1. The van der Waals surface area contributed by atoms with Crippen molar-refractivity contribution in [3.63, 3.8) is 0 Å². The number of carbonyl (C=O) groups is 2. The molecule has 1 aromatic heterocycles. The van der Waals surface area contributed by atoms with Crippen molar-refractivity contribution < 1.29 is 14.7 Å². The molecule has 1 aliphatic heterocycles. The fourth-order valence-corrected chi connectivity index (χ4v) is 6.11. The summed E-state index contributed by atoms with van der Waals surface area (Å²) in [6, 6.07) is 1.34. The van der Waals surface area contributed by atoms with Crippen molar-refractivity contribution in [3.8, 4) is 0 Å². The SMILES string of the molecule is O=C(O)C1CSC(C2CC2)N1C(=O)c1cc2c(s1)CCC2. The Morgan fingerprint density at radius 3 is 2.76 bits per heavy atom. The van der Waals surface area contributed by atoms with Gasteiger partial charge in [-0.15, -0.1) is 23.1 Å². The Balaban J connectivity index is 1.63. The lowest BCUT2D eigenvalue weighted by atomic mass is 10.2. The summed E-state index contributed by atoms with van der Waals surface area (Å²) in [5, 5.41) is 9.48. The highest BCUT2D eigenvalue weighted by molar-refractivity contribution is 8.00. The van der Waals surface area contributed by atoms with Gasteiger partial charge in [-0.2, -0.15) is 0 Å². The summed E-state index contributed by atoms with van der Waals surface area (Å²) in [5.74, 6) is 0.0785. The first kappa shape index (κ1) is 13.6. The van der Waals surface area contributed by atoms with E-state index in [1.807, 2.05) is 6.07 Å². The van der Waals surface area contributed by atoms with Gasteiger partial charge >= 0.3 is 5.97 Å². The molecule has 1 saturated heterocycles. The van der Waals surface area contributed by atoms with Crippen molar-refractivity contribution in [2.45, 2.75) is 43.5 Å². The van der Waals surface area contributed by atoms with E-state index in [-0.39, 0.29) is 11.3 Å². The van der Waals surface area contributed by atoms with Crippen LogP contribution >= 0.6 is 23.1 Å². The fraction of sp³-hybridized carbons (Fsp3) is 0.600. The first-order valence-corrected chi connectivity index (χ1v) is 9.30. The van der Waals surface area contributed by atoms with E-state index in [1.165, 1.54) is 16.9 Å². The van der Waals surface area contributed by atoms with Gasteiger partial charge in [0.1, 0.15) is 6.04 Å². The predicted octanol–water partition coefficient (Wildman–Crippen LogP) is 2.62. The third-order valence-electron chi connectivity index (χ3n) is 4.54. The van der Waals surface area contributed by atoms with Crippen LogP contribution in [-0.4, -0.2) is 39.1 Å². The molecule has 112 valence electrons. The van der Waals surface area contributed by atoms with Gasteiger partial charge in [-0.1, -0.05) is 0 Å². The molecule has 0 bridgehead atoms. The third-order valence-corrected chi connectivity index (χ3v) is 7.22. The van der Waals surface area contributed by atoms with Gasteiger partial charge in [0.25, 0.3) is 5.91 Å². The zero-order valence-corrected chi connectivity index (χ0v) is 13.2. The van der Waals surface area contributed by atoms with E-state index in [0.29, 0.717) is 11.7 Å². The summed E-state index contributed by atoms with van der Waals surface area (Å²) in [6.07, 6.45) is 5.54. The van der Waals surface area contributed by atoms with E-state index >= 15 is 0 Å². The Kier molecular flexibility index (Phi) is 3.26. The van der Waals surface area contributed by atoms with Crippen LogP contribution in [0.1, 0.15) is 39.4 Å². The summed E-state index contributed by atoms with van der Waals surface area (Å²) < 4.78 is 0. The number of thiophene rings is 1.